The van der Waals surface area contributed by atoms with Crippen molar-refractivity contribution in [2.45, 2.75) is 32.9 Å². The molecule has 136 valence electrons. The van der Waals surface area contributed by atoms with Gasteiger partial charge in [0.2, 0.25) is 5.91 Å². The van der Waals surface area contributed by atoms with Crippen LogP contribution < -0.4 is 0 Å². The molecule has 0 bridgehead atoms. The van der Waals surface area contributed by atoms with E-state index in [1.807, 2.05) is 0 Å². The van der Waals surface area contributed by atoms with Crippen LogP contribution in [0.2, 0.25) is 0 Å². The average molecular weight is 349 g/mol. The number of esters is 1. The molecule has 0 unspecified atom stereocenters. The first kappa shape index (κ1) is 20.6. The molecule has 0 aliphatic heterocycles. The maximum atomic E-state index is 13.0. The standard InChI is InChI=1S/C18H24FN3O3/c1-5-25-17(24)12-22(10-14-6-8-15(19)9-7-14)11-16(23)21(4)18(2,3)13-20/h6-9H,5,10-12H2,1-4H3. The highest BCUT2D eigenvalue weighted by atomic mass is 19.1. The Kier molecular flexibility index (Phi) is 7.52. The second-order valence-corrected chi connectivity index (χ2v) is 6.20. The summed E-state index contributed by atoms with van der Waals surface area (Å²) in [7, 11) is 1.55. The van der Waals surface area contributed by atoms with Gasteiger partial charge in [-0.25, -0.2) is 4.39 Å². The maximum Gasteiger partial charge on any atom is 0.320 e. The molecule has 1 aromatic rings. The van der Waals surface area contributed by atoms with E-state index in [0.717, 1.165) is 5.56 Å². The zero-order valence-electron chi connectivity index (χ0n) is 15.1. The molecule has 1 amide bonds. The van der Waals surface area contributed by atoms with Crippen LogP contribution in [0.1, 0.15) is 26.3 Å². The molecule has 0 N–H and O–H groups in total. The number of benzene rings is 1. The SMILES string of the molecule is CCOC(=O)CN(CC(=O)N(C)C(C)(C)C#N)Cc1ccc(F)cc1. The minimum atomic E-state index is -0.956. The summed E-state index contributed by atoms with van der Waals surface area (Å²) >= 11 is 0. The Labute approximate surface area is 147 Å². The average Bonchev–Trinajstić information content (AvgIpc) is 2.56. The molecule has 0 heterocycles. The van der Waals surface area contributed by atoms with E-state index in [-0.39, 0.29) is 38.0 Å². The van der Waals surface area contributed by atoms with E-state index in [0.29, 0.717) is 0 Å². The highest BCUT2D eigenvalue weighted by Gasteiger charge is 2.28. The molecule has 0 radical (unpaired) electrons. The quantitative estimate of drug-likeness (QED) is 0.671. The van der Waals surface area contributed by atoms with Gasteiger partial charge in [0.15, 0.2) is 0 Å². The number of nitrogens with zero attached hydrogens (tertiary/aromatic N) is 3. The lowest BCUT2D eigenvalue weighted by atomic mass is 10.1. The Morgan fingerprint density at radius 2 is 1.84 bits per heavy atom. The fourth-order valence-electron chi connectivity index (χ4n) is 2.09. The highest BCUT2D eigenvalue weighted by molar-refractivity contribution is 5.80. The molecule has 1 aromatic carbocycles. The molecular weight excluding hydrogens is 325 g/mol. The van der Waals surface area contributed by atoms with Crippen LogP contribution in [0.15, 0.2) is 24.3 Å². The lowest BCUT2D eigenvalue weighted by Gasteiger charge is -2.31. The molecule has 0 saturated carbocycles. The van der Waals surface area contributed by atoms with E-state index < -0.39 is 11.5 Å². The van der Waals surface area contributed by atoms with Gasteiger partial charge in [-0.3, -0.25) is 14.5 Å². The first-order valence-electron chi connectivity index (χ1n) is 8.00. The number of carbonyl (C=O) groups is 2. The van der Waals surface area contributed by atoms with Gasteiger partial charge < -0.3 is 9.64 Å². The summed E-state index contributed by atoms with van der Waals surface area (Å²) in [6, 6.07) is 7.91. The van der Waals surface area contributed by atoms with Gasteiger partial charge in [0.25, 0.3) is 0 Å². The minimum absolute atomic E-state index is 0.0577. The third-order valence-corrected chi connectivity index (χ3v) is 3.82. The fraction of sp³-hybridized carbons (Fsp3) is 0.500. The first-order valence-corrected chi connectivity index (χ1v) is 8.00. The summed E-state index contributed by atoms with van der Waals surface area (Å²) in [5.41, 5.74) is -0.191. The number of ether oxygens (including phenoxy) is 1. The van der Waals surface area contributed by atoms with Crippen LogP contribution >= 0.6 is 0 Å². The molecule has 1 rings (SSSR count). The van der Waals surface area contributed by atoms with Crippen LogP contribution in [-0.4, -0.2) is 54.0 Å². The van der Waals surface area contributed by atoms with Crippen LogP contribution in [0.25, 0.3) is 0 Å². The van der Waals surface area contributed by atoms with Crippen molar-refractivity contribution in [1.29, 1.82) is 5.26 Å². The van der Waals surface area contributed by atoms with Crippen molar-refractivity contribution < 1.29 is 18.7 Å². The summed E-state index contributed by atoms with van der Waals surface area (Å²) < 4.78 is 18.0. The maximum absolute atomic E-state index is 13.0. The third-order valence-electron chi connectivity index (χ3n) is 3.82. The van der Waals surface area contributed by atoms with Crippen molar-refractivity contribution >= 4 is 11.9 Å². The van der Waals surface area contributed by atoms with Crippen molar-refractivity contribution in [3.05, 3.63) is 35.6 Å². The molecule has 0 atom stereocenters. The Morgan fingerprint density at radius 1 is 1.24 bits per heavy atom. The molecule has 0 fully saturated rings. The van der Waals surface area contributed by atoms with E-state index in [1.54, 1.807) is 44.9 Å². The smallest absolute Gasteiger partial charge is 0.320 e. The van der Waals surface area contributed by atoms with Gasteiger partial charge in [0.1, 0.15) is 11.4 Å². The number of halogens is 1. The minimum Gasteiger partial charge on any atom is -0.465 e. The molecule has 0 aliphatic rings. The van der Waals surface area contributed by atoms with Crippen LogP contribution in [0.4, 0.5) is 4.39 Å². The largest absolute Gasteiger partial charge is 0.465 e. The zero-order valence-corrected chi connectivity index (χ0v) is 15.1. The van der Waals surface area contributed by atoms with Gasteiger partial charge in [-0.2, -0.15) is 5.26 Å². The topological polar surface area (TPSA) is 73.6 Å². The van der Waals surface area contributed by atoms with Gasteiger partial charge in [0.05, 0.1) is 25.8 Å². The first-order chi connectivity index (χ1) is 11.7. The molecule has 6 nitrogen and oxygen atoms in total. The normalized spacial score (nSPS) is 11.1. The van der Waals surface area contributed by atoms with Crippen molar-refractivity contribution in [1.82, 2.24) is 9.80 Å². The number of likely N-dealkylation sites (N-methyl/N-ethyl adjacent to an activating group) is 1. The number of hydrogen-bond donors (Lipinski definition) is 0. The fourth-order valence-corrected chi connectivity index (χ4v) is 2.09. The van der Waals surface area contributed by atoms with E-state index >= 15 is 0 Å². The van der Waals surface area contributed by atoms with Gasteiger partial charge in [-0.1, -0.05) is 12.1 Å². The van der Waals surface area contributed by atoms with Crippen molar-refractivity contribution in [3.8, 4) is 6.07 Å². The van der Waals surface area contributed by atoms with Crippen LogP contribution in [0, 0.1) is 17.1 Å². The number of amides is 1. The summed E-state index contributed by atoms with van der Waals surface area (Å²) in [5.74, 6) is -1.09. The second kappa shape index (κ2) is 9.14. The molecule has 0 aliphatic carbocycles. The van der Waals surface area contributed by atoms with E-state index in [4.69, 9.17) is 10.00 Å². The molecule has 0 saturated heterocycles. The summed E-state index contributed by atoms with van der Waals surface area (Å²) in [5, 5.41) is 9.16. The molecule has 0 aromatic heterocycles. The molecule has 7 heteroatoms. The zero-order chi connectivity index (χ0) is 19.0. The third kappa shape index (κ3) is 6.51. The van der Waals surface area contributed by atoms with E-state index in [9.17, 15) is 14.0 Å². The van der Waals surface area contributed by atoms with E-state index in [1.165, 1.54) is 17.0 Å². The summed E-state index contributed by atoms with van der Waals surface area (Å²) in [6.45, 7) is 5.39. The molecule has 0 spiro atoms. The Morgan fingerprint density at radius 3 is 2.36 bits per heavy atom. The number of carbonyl (C=O) groups excluding carboxylic acids is 2. The van der Waals surface area contributed by atoms with Crippen LogP contribution in [0.3, 0.4) is 0 Å². The van der Waals surface area contributed by atoms with Gasteiger partial charge in [-0.15, -0.1) is 0 Å². The van der Waals surface area contributed by atoms with Gasteiger partial charge >= 0.3 is 5.97 Å². The lowest BCUT2D eigenvalue weighted by molar-refractivity contribution is -0.145. The number of hydrogen-bond acceptors (Lipinski definition) is 5. The van der Waals surface area contributed by atoms with Gasteiger partial charge in [-0.05, 0) is 38.5 Å². The number of rotatable bonds is 8. The van der Waals surface area contributed by atoms with Crippen LogP contribution in [0.5, 0.6) is 0 Å². The molecule has 25 heavy (non-hydrogen) atoms. The predicted octanol–water partition coefficient (Wildman–Crippen LogP) is 1.95. The van der Waals surface area contributed by atoms with Crippen LogP contribution in [-0.2, 0) is 20.9 Å². The highest BCUT2D eigenvalue weighted by Crippen LogP contribution is 2.13. The molecular formula is C18H24FN3O3. The Bertz CT molecular complexity index is 638. The Balaban J connectivity index is 2.86. The van der Waals surface area contributed by atoms with Crippen molar-refractivity contribution in [3.63, 3.8) is 0 Å². The number of nitriles is 1. The van der Waals surface area contributed by atoms with Gasteiger partial charge in [0, 0.05) is 13.6 Å². The van der Waals surface area contributed by atoms with Crippen molar-refractivity contribution in [2.75, 3.05) is 26.7 Å². The second-order valence-electron chi connectivity index (χ2n) is 6.20. The van der Waals surface area contributed by atoms with E-state index in [2.05, 4.69) is 6.07 Å². The monoisotopic (exact) mass is 349 g/mol. The van der Waals surface area contributed by atoms with Crippen molar-refractivity contribution in [2.24, 2.45) is 0 Å². The summed E-state index contributed by atoms with van der Waals surface area (Å²) in [4.78, 5) is 27.2. The lowest BCUT2D eigenvalue weighted by Crippen LogP contribution is -2.48. The summed E-state index contributed by atoms with van der Waals surface area (Å²) in [6.07, 6.45) is 0. The Hall–Kier alpha value is -2.46. The predicted molar refractivity (Wildman–Crippen MR) is 90.8 cm³/mol.